The number of nitrogen functional groups attached to an aromatic ring is 1. The zero-order chi connectivity index (χ0) is 14.0. The molecule has 2 aromatic carbocycles. The number of rotatable bonds is 3. The first-order chi connectivity index (χ1) is 8.99. The summed E-state index contributed by atoms with van der Waals surface area (Å²) in [6, 6.07) is 8.42. The molecular formula is C13H9BrFNO3. The lowest BCUT2D eigenvalue weighted by Crippen LogP contribution is -2.03. The van der Waals surface area contributed by atoms with Gasteiger partial charge >= 0.3 is 5.97 Å². The normalized spacial score (nSPS) is 10.2. The Morgan fingerprint density at radius 2 is 2.05 bits per heavy atom. The Morgan fingerprint density at radius 3 is 2.74 bits per heavy atom. The molecule has 0 aromatic heterocycles. The average Bonchev–Trinajstić information content (AvgIpc) is 2.35. The van der Waals surface area contributed by atoms with Crippen molar-refractivity contribution in [2.24, 2.45) is 0 Å². The number of halogens is 2. The molecule has 2 rings (SSSR count). The molecular weight excluding hydrogens is 317 g/mol. The molecule has 0 radical (unpaired) electrons. The summed E-state index contributed by atoms with van der Waals surface area (Å²) in [5.74, 6) is -1.98. The Labute approximate surface area is 116 Å². The number of aromatic carboxylic acids is 1. The van der Waals surface area contributed by atoms with Gasteiger partial charge in [-0.05, 0) is 30.3 Å². The first-order valence-electron chi connectivity index (χ1n) is 5.23. The van der Waals surface area contributed by atoms with Crippen LogP contribution >= 0.6 is 15.9 Å². The zero-order valence-electron chi connectivity index (χ0n) is 9.56. The summed E-state index contributed by atoms with van der Waals surface area (Å²) in [6.45, 7) is 0. The molecule has 0 aliphatic carbocycles. The first kappa shape index (κ1) is 13.4. The molecule has 0 atom stereocenters. The smallest absolute Gasteiger partial charge is 0.339 e. The molecule has 3 N–H and O–H groups in total. The Hall–Kier alpha value is -2.08. The third-order valence-electron chi connectivity index (χ3n) is 2.38. The highest BCUT2D eigenvalue weighted by Crippen LogP contribution is 2.33. The van der Waals surface area contributed by atoms with Gasteiger partial charge in [-0.15, -0.1) is 0 Å². The van der Waals surface area contributed by atoms with Gasteiger partial charge in [0.05, 0.1) is 5.69 Å². The largest absolute Gasteiger partial charge is 0.478 e. The predicted molar refractivity (Wildman–Crippen MR) is 72.0 cm³/mol. The van der Waals surface area contributed by atoms with Crippen LogP contribution in [0.3, 0.4) is 0 Å². The van der Waals surface area contributed by atoms with E-state index in [9.17, 15) is 9.18 Å². The highest BCUT2D eigenvalue weighted by Gasteiger charge is 2.16. The maximum atomic E-state index is 13.6. The van der Waals surface area contributed by atoms with Crippen LogP contribution in [0.4, 0.5) is 10.1 Å². The van der Waals surface area contributed by atoms with E-state index in [1.807, 2.05) is 0 Å². The second-order valence-electron chi connectivity index (χ2n) is 3.71. The van der Waals surface area contributed by atoms with Crippen molar-refractivity contribution in [3.8, 4) is 11.5 Å². The van der Waals surface area contributed by atoms with Crippen molar-refractivity contribution in [3.63, 3.8) is 0 Å². The van der Waals surface area contributed by atoms with Gasteiger partial charge in [0.25, 0.3) is 0 Å². The third kappa shape index (κ3) is 2.85. The topological polar surface area (TPSA) is 72.6 Å². The number of para-hydroxylation sites is 1. The van der Waals surface area contributed by atoms with Gasteiger partial charge in [0.2, 0.25) is 0 Å². The van der Waals surface area contributed by atoms with E-state index in [4.69, 9.17) is 15.6 Å². The summed E-state index contributed by atoms with van der Waals surface area (Å²) in [4.78, 5) is 11.1. The highest BCUT2D eigenvalue weighted by atomic mass is 79.9. The first-order valence-corrected chi connectivity index (χ1v) is 6.03. The van der Waals surface area contributed by atoms with Crippen LogP contribution in [-0.2, 0) is 0 Å². The summed E-state index contributed by atoms with van der Waals surface area (Å²) in [7, 11) is 0. The highest BCUT2D eigenvalue weighted by molar-refractivity contribution is 9.10. The second-order valence-corrected chi connectivity index (χ2v) is 4.62. The van der Waals surface area contributed by atoms with E-state index in [0.717, 1.165) is 0 Å². The third-order valence-corrected chi connectivity index (χ3v) is 2.87. The Kier molecular flexibility index (Phi) is 3.71. The number of hydrogen-bond acceptors (Lipinski definition) is 3. The van der Waals surface area contributed by atoms with E-state index < -0.39 is 11.8 Å². The SMILES string of the molecule is Nc1cccc(C(=O)O)c1Oc1cc(Br)ccc1F. The minimum absolute atomic E-state index is 0.0769. The van der Waals surface area contributed by atoms with Gasteiger partial charge in [-0.3, -0.25) is 0 Å². The molecule has 98 valence electrons. The molecule has 19 heavy (non-hydrogen) atoms. The lowest BCUT2D eigenvalue weighted by atomic mass is 10.1. The molecule has 0 unspecified atom stereocenters. The lowest BCUT2D eigenvalue weighted by Gasteiger charge is -2.12. The molecule has 0 bridgehead atoms. The molecule has 0 aliphatic heterocycles. The quantitative estimate of drug-likeness (QED) is 0.844. The van der Waals surface area contributed by atoms with Crippen LogP contribution in [0.15, 0.2) is 40.9 Å². The predicted octanol–water partition coefficient (Wildman–Crippen LogP) is 3.66. The van der Waals surface area contributed by atoms with Crippen LogP contribution in [0, 0.1) is 5.82 Å². The van der Waals surface area contributed by atoms with E-state index in [1.54, 1.807) is 0 Å². The van der Waals surface area contributed by atoms with Crippen molar-refractivity contribution in [1.29, 1.82) is 0 Å². The zero-order valence-corrected chi connectivity index (χ0v) is 11.1. The van der Waals surface area contributed by atoms with Gasteiger partial charge in [-0.2, -0.15) is 0 Å². The average molecular weight is 326 g/mol. The van der Waals surface area contributed by atoms with Gasteiger partial charge < -0.3 is 15.6 Å². The number of anilines is 1. The number of carboxylic acid groups (broad SMARTS) is 1. The van der Waals surface area contributed by atoms with Gasteiger partial charge in [-0.1, -0.05) is 22.0 Å². The van der Waals surface area contributed by atoms with Gasteiger partial charge in [0.15, 0.2) is 17.3 Å². The molecule has 2 aromatic rings. The molecule has 0 aliphatic rings. The van der Waals surface area contributed by atoms with Crippen LogP contribution < -0.4 is 10.5 Å². The maximum absolute atomic E-state index is 13.6. The van der Waals surface area contributed by atoms with Crippen molar-refractivity contribution < 1.29 is 19.0 Å². The number of nitrogens with two attached hydrogens (primary N) is 1. The van der Waals surface area contributed by atoms with E-state index >= 15 is 0 Å². The Morgan fingerprint density at radius 1 is 1.32 bits per heavy atom. The van der Waals surface area contributed by atoms with Crippen LogP contribution in [0.2, 0.25) is 0 Å². The summed E-state index contributed by atoms with van der Waals surface area (Å²) in [5, 5.41) is 9.05. The number of hydrogen-bond donors (Lipinski definition) is 2. The van der Waals surface area contributed by atoms with Crippen molar-refractivity contribution in [2.45, 2.75) is 0 Å². The minimum atomic E-state index is -1.20. The van der Waals surface area contributed by atoms with Crippen LogP contribution in [0.5, 0.6) is 11.5 Å². The van der Waals surface area contributed by atoms with Gasteiger partial charge in [0.1, 0.15) is 5.56 Å². The molecule has 0 amide bonds. The van der Waals surface area contributed by atoms with E-state index in [2.05, 4.69) is 15.9 Å². The molecule has 6 heteroatoms. The second kappa shape index (κ2) is 5.27. The fraction of sp³-hybridized carbons (Fsp3) is 0. The van der Waals surface area contributed by atoms with E-state index in [-0.39, 0.29) is 22.7 Å². The fourth-order valence-electron chi connectivity index (χ4n) is 1.50. The Bertz CT molecular complexity index is 646. The Balaban J connectivity index is 2.49. The van der Waals surface area contributed by atoms with Gasteiger partial charge in [0, 0.05) is 4.47 Å². The summed E-state index contributed by atoms with van der Waals surface area (Å²) < 4.78 is 19.5. The van der Waals surface area contributed by atoms with Crippen molar-refractivity contribution >= 4 is 27.6 Å². The summed E-state index contributed by atoms with van der Waals surface area (Å²) in [5.41, 5.74) is 5.67. The van der Waals surface area contributed by atoms with Crippen LogP contribution in [0.25, 0.3) is 0 Å². The number of ether oxygens (including phenoxy) is 1. The molecule has 0 saturated carbocycles. The number of benzene rings is 2. The minimum Gasteiger partial charge on any atom is -0.478 e. The molecule has 0 fully saturated rings. The van der Waals surface area contributed by atoms with Crippen LogP contribution in [0.1, 0.15) is 10.4 Å². The van der Waals surface area contributed by atoms with Crippen molar-refractivity contribution in [3.05, 3.63) is 52.3 Å². The summed E-state index contributed by atoms with van der Waals surface area (Å²) >= 11 is 3.18. The molecule has 0 spiro atoms. The molecule has 0 heterocycles. The maximum Gasteiger partial charge on any atom is 0.339 e. The number of carbonyl (C=O) groups is 1. The van der Waals surface area contributed by atoms with Gasteiger partial charge in [-0.25, -0.2) is 9.18 Å². The van der Waals surface area contributed by atoms with Crippen molar-refractivity contribution in [1.82, 2.24) is 0 Å². The van der Waals surface area contributed by atoms with Crippen molar-refractivity contribution in [2.75, 3.05) is 5.73 Å². The van der Waals surface area contributed by atoms with E-state index in [1.165, 1.54) is 36.4 Å². The molecule has 0 saturated heterocycles. The molecule has 4 nitrogen and oxygen atoms in total. The lowest BCUT2D eigenvalue weighted by molar-refractivity contribution is 0.0694. The fourth-order valence-corrected chi connectivity index (χ4v) is 1.84. The standard InChI is InChI=1S/C13H9BrFNO3/c14-7-4-5-9(15)11(6-7)19-12-8(13(17)18)2-1-3-10(12)16/h1-6H,16H2,(H,17,18). The van der Waals surface area contributed by atoms with E-state index in [0.29, 0.717) is 4.47 Å². The monoisotopic (exact) mass is 325 g/mol. The van der Waals surface area contributed by atoms with Crippen LogP contribution in [-0.4, -0.2) is 11.1 Å². The number of carboxylic acids is 1. The summed E-state index contributed by atoms with van der Waals surface area (Å²) in [6.07, 6.45) is 0.